The van der Waals surface area contributed by atoms with Crippen molar-refractivity contribution in [2.75, 3.05) is 7.11 Å². The first kappa shape index (κ1) is 16.9. The molecule has 1 atom stereocenters. The standard InChI is InChI=1S/C25H17N3O2/c1-30-17-12-10-15(11-13-17)23-19-14-16-6-2-4-8-20(16)26-22(19)24-27-21-9-5-3-7-18(21)25(29)28(23)24/h2-14,23H,1H3. The Balaban J connectivity index is 1.72. The SMILES string of the molecule is COc1ccc(C2c3cc4ccccc4nc3-c3nc4ccccc4c(=O)n32)cc1. The minimum atomic E-state index is -0.289. The van der Waals surface area contributed by atoms with Crippen LogP contribution in [0.1, 0.15) is 17.2 Å². The van der Waals surface area contributed by atoms with E-state index in [0.29, 0.717) is 16.7 Å². The van der Waals surface area contributed by atoms with E-state index in [-0.39, 0.29) is 11.6 Å². The molecule has 5 nitrogen and oxygen atoms in total. The Morgan fingerprint density at radius 2 is 1.60 bits per heavy atom. The predicted molar refractivity (Wildman–Crippen MR) is 117 cm³/mol. The molecule has 0 spiro atoms. The van der Waals surface area contributed by atoms with Gasteiger partial charge in [0.05, 0.1) is 29.6 Å². The van der Waals surface area contributed by atoms with Gasteiger partial charge in [-0.05, 0) is 42.0 Å². The highest BCUT2D eigenvalue weighted by atomic mass is 16.5. The molecule has 1 aliphatic rings. The zero-order chi connectivity index (χ0) is 20.2. The fourth-order valence-corrected chi connectivity index (χ4v) is 4.33. The first-order valence-corrected chi connectivity index (χ1v) is 9.80. The van der Waals surface area contributed by atoms with Crippen molar-refractivity contribution in [2.45, 2.75) is 6.04 Å². The highest BCUT2D eigenvalue weighted by molar-refractivity contribution is 5.86. The summed E-state index contributed by atoms with van der Waals surface area (Å²) in [5.74, 6) is 1.39. The van der Waals surface area contributed by atoms with E-state index in [1.54, 1.807) is 11.7 Å². The van der Waals surface area contributed by atoms with Gasteiger partial charge in [-0.2, -0.15) is 0 Å². The summed E-state index contributed by atoms with van der Waals surface area (Å²) >= 11 is 0. The van der Waals surface area contributed by atoms with Gasteiger partial charge in [0, 0.05) is 10.9 Å². The van der Waals surface area contributed by atoms with E-state index in [0.717, 1.165) is 33.5 Å². The number of nitrogens with zero attached hydrogens (tertiary/aromatic N) is 3. The maximum Gasteiger partial charge on any atom is 0.262 e. The molecule has 6 rings (SSSR count). The average molecular weight is 391 g/mol. The van der Waals surface area contributed by atoms with Gasteiger partial charge in [0.2, 0.25) is 0 Å². The lowest BCUT2D eigenvalue weighted by Crippen LogP contribution is -2.25. The third-order valence-corrected chi connectivity index (χ3v) is 5.76. The van der Waals surface area contributed by atoms with Gasteiger partial charge >= 0.3 is 0 Å². The first-order valence-electron chi connectivity index (χ1n) is 9.80. The van der Waals surface area contributed by atoms with Crippen LogP contribution in [0.4, 0.5) is 0 Å². The van der Waals surface area contributed by atoms with Crippen LogP contribution in [0.25, 0.3) is 33.3 Å². The second-order valence-corrected chi connectivity index (χ2v) is 7.42. The molecule has 0 N–H and O–H groups in total. The van der Waals surface area contributed by atoms with Gasteiger partial charge in [-0.25, -0.2) is 9.97 Å². The van der Waals surface area contributed by atoms with Crippen LogP contribution in [0.15, 0.2) is 83.7 Å². The number of para-hydroxylation sites is 2. The van der Waals surface area contributed by atoms with Crippen molar-refractivity contribution in [1.82, 2.24) is 14.5 Å². The molecular formula is C25H17N3O2. The highest BCUT2D eigenvalue weighted by Crippen LogP contribution is 2.41. The Bertz CT molecular complexity index is 1500. The van der Waals surface area contributed by atoms with Crippen molar-refractivity contribution in [2.24, 2.45) is 0 Å². The Morgan fingerprint density at radius 3 is 2.40 bits per heavy atom. The summed E-state index contributed by atoms with van der Waals surface area (Å²) in [4.78, 5) is 23.3. The molecule has 1 aliphatic heterocycles. The minimum absolute atomic E-state index is 0.0570. The van der Waals surface area contributed by atoms with Crippen molar-refractivity contribution in [3.63, 3.8) is 0 Å². The molecular weight excluding hydrogens is 374 g/mol. The molecule has 0 aliphatic carbocycles. The van der Waals surface area contributed by atoms with Gasteiger partial charge in [-0.3, -0.25) is 9.36 Å². The van der Waals surface area contributed by atoms with Gasteiger partial charge in [-0.15, -0.1) is 0 Å². The molecule has 3 heterocycles. The van der Waals surface area contributed by atoms with Crippen molar-refractivity contribution in [3.8, 4) is 17.3 Å². The topological polar surface area (TPSA) is 57.0 Å². The van der Waals surface area contributed by atoms with Gasteiger partial charge in [0.25, 0.3) is 5.56 Å². The number of hydrogen-bond acceptors (Lipinski definition) is 4. The normalized spacial score (nSPS) is 14.6. The molecule has 0 bridgehead atoms. The largest absolute Gasteiger partial charge is 0.497 e. The van der Waals surface area contributed by atoms with Crippen molar-refractivity contribution < 1.29 is 4.74 Å². The van der Waals surface area contributed by atoms with Crippen LogP contribution in [0, 0.1) is 0 Å². The number of methoxy groups -OCH3 is 1. The van der Waals surface area contributed by atoms with Crippen LogP contribution in [0.2, 0.25) is 0 Å². The van der Waals surface area contributed by atoms with Crippen LogP contribution >= 0.6 is 0 Å². The molecule has 2 aromatic heterocycles. The average Bonchev–Trinajstić information content (AvgIpc) is 3.11. The smallest absolute Gasteiger partial charge is 0.262 e. The third-order valence-electron chi connectivity index (χ3n) is 5.76. The number of benzene rings is 3. The third kappa shape index (κ3) is 2.32. The van der Waals surface area contributed by atoms with E-state index >= 15 is 0 Å². The fraction of sp³-hybridized carbons (Fsp3) is 0.0800. The van der Waals surface area contributed by atoms with E-state index in [2.05, 4.69) is 6.07 Å². The summed E-state index contributed by atoms with van der Waals surface area (Å²) < 4.78 is 7.10. The summed E-state index contributed by atoms with van der Waals surface area (Å²) in [5, 5.41) is 1.65. The molecule has 0 fully saturated rings. The van der Waals surface area contributed by atoms with Crippen LogP contribution in [-0.4, -0.2) is 21.6 Å². The Morgan fingerprint density at radius 1 is 0.867 bits per heavy atom. The number of hydrogen-bond donors (Lipinski definition) is 0. The lowest BCUT2D eigenvalue weighted by atomic mass is 9.98. The van der Waals surface area contributed by atoms with Crippen LogP contribution in [0.5, 0.6) is 5.75 Å². The molecule has 1 unspecified atom stereocenters. The van der Waals surface area contributed by atoms with Gasteiger partial charge in [0.15, 0.2) is 5.82 Å². The molecule has 144 valence electrons. The summed E-state index contributed by atoms with van der Waals surface area (Å²) in [6, 6.07) is 25.1. The van der Waals surface area contributed by atoms with Crippen LogP contribution in [-0.2, 0) is 0 Å². The number of ether oxygens (including phenoxy) is 1. The lowest BCUT2D eigenvalue weighted by molar-refractivity contribution is 0.414. The quantitative estimate of drug-likeness (QED) is 0.434. The number of pyridine rings is 1. The molecule has 5 aromatic rings. The van der Waals surface area contributed by atoms with Crippen molar-refractivity contribution in [3.05, 3.63) is 100 Å². The van der Waals surface area contributed by atoms with E-state index < -0.39 is 0 Å². The maximum atomic E-state index is 13.6. The van der Waals surface area contributed by atoms with E-state index in [1.165, 1.54) is 0 Å². The first-order chi connectivity index (χ1) is 14.7. The number of rotatable bonds is 2. The zero-order valence-corrected chi connectivity index (χ0v) is 16.2. The minimum Gasteiger partial charge on any atom is -0.497 e. The molecule has 0 radical (unpaired) electrons. The molecule has 30 heavy (non-hydrogen) atoms. The lowest BCUT2D eigenvalue weighted by Gasteiger charge is -2.17. The second-order valence-electron chi connectivity index (χ2n) is 7.42. The highest BCUT2D eigenvalue weighted by Gasteiger charge is 2.34. The maximum absolute atomic E-state index is 13.6. The Hall–Kier alpha value is -3.99. The predicted octanol–water partition coefficient (Wildman–Crippen LogP) is 4.57. The summed E-state index contributed by atoms with van der Waals surface area (Å²) in [7, 11) is 1.64. The molecule has 0 saturated carbocycles. The Kier molecular flexibility index (Phi) is 3.53. The Labute approximate surface area is 172 Å². The van der Waals surface area contributed by atoms with Gasteiger partial charge < -0.3 is 4.74 Å². The van der Waals surface area contributed by atoms with Crippen LogP contribution in [0.3, 0.4) is 0 Å². The van der Waals surface area contributed by atoms with E-state index in [1.807, 2.05) is 72.8 Å². The fourth-order valence-electron chi connectivity index (χ4n) is 4.33. The van der Waals surface area contributed by atoms with Gasteiger partial charge in [0.1, 0.15) is 11.4 Å². The van der Waals surface area contributed by atoms with Crippen molar-refractivity contribution in [1.29, 1.82) is 0 Å². The van der Waals surface area contributed by atoms with E-state index in [4.69, 9.17) is 14.7 Å². The summed E-state index contributed by atoms with van der Waals surface area (Å²) in [6.07, 6.45) is 0. The monoisotopic (exact) mass is 391 g/mol. The summed E-state index contributed by atoms with van der Waals surface area (Å²) in [6.45, 7) is 0. The molecule has 3 aromatic carbocycles. The number of aromatic nitrogens is 3. The zero-order valence-electron chi connectivity index (χ0n) is 16.2. The molecule has 0 amide bonds. The van der Waals surface area contributed by atoms with E-state index in [9.17, 15) is 4.79 Å². The van der Waals surface area contributed by atoms with Gasteiger partial charge in [-0.1, -0.05) is 42.5 Å². The molecule has 5 heteroatoms. The second kappa shape index (κ2) is 6.26. The van der Waals surface area contributed by atoms with Crippen LogP contribution < -0.4 is 10.3 Å². The summed E-state index contributed by atoms with van der Waals surface area (Å²) in [5.41, 5.74) is 4.26. The number of fused-ring (bicyclic) bond motifs is 5. The van der Waals surface area contributed by atoms with Crippen molar-refractivity contribution >= 4 is 21.8 Å². The molecule has 0 saturated heterocycles.